The molecule has 0 aromatic rings. The van der Waals surface area contributed by atoms with E-state index in [-0.39, 0.29) is 0 Å². The van der Waals surface area contributed by atoms with Gasteiger partial charge in [0.05, 0.1) is 6.61 Å². The van der Waals surface area contributed by atoms with E-state index in [1.165, 1.54) is 19.4 Å². The van der Waals surface area contributed by atoms with Gasteiger partial charge in [-0.3, -0.25) is 4.90 Å². The van der Waals surface area contributed by atoms with E-state index in [1.807, 2.05) is 0 Å². The van der Waals surface area contributed by atoms with Crippen LogP contribution in [-0.4, -0.2) is 49.8 Å². The van der Waals surface area contributed by atoms with Crippen LogP contribution in [0.4, 0.5) is 0 Å². The maximum absolute atomic E-state index is 5.55. The summed E-state index contributed by atoms with van der Waals surface area (Å²) < 4.78 is 5.55. The largest absolute Gasteiger partial charge is 0.381 e. The zero-order chi connectivity index (χ0) is 10.7. The molecule has 88 valence electrons. The van der Waals surface area contributed by atoms with Gasteiger partial charge in [-0.1, -0.05) is 0 Å². The van der Waals surface area contributed by atoms with Crippen LogP contribution < -0.4 is 5.32 Å². The smallest absolute Gasteiger partial charge is 0.0506 e. The fraction of sp³-hybridized carbons (Fsp3) is 1.00. The Bertz CT molecular complexity index is 182. The molecule has 0 spiro atoms. The van der Waals surface area contributed by atoms with Crippen LogP contribution in [0.3, 0.4) is 0 Å². The molecule has 0 aliphatic carbocycles. The zero-order valence-electron chi connectivity index (χ0n) is 10.0. The van der Waals surface area contributed by atoms with Gasteiger partial charge >= 0.3 is 0 Å². The standard InChI is InChI=1S/C12H24N2O/c1-10-6-13-7-11(2)14(10)8-12-4-3-5-15-9-12/h10-13H,3-9H2,1-2H3/t10-,11+,12?. The first-order chi connectivity index (χ1) is 7.27. The highest BCUT2D eigenvalue weighted by molar-refractivity contribution is 4.84. The average Bonchev–Trinajstić information content (AvgIpc) is 2.25. The van der Waals surface area contributed by atoms with Gasteiger partial charge in [0.15, 0.2) is 0 Å². The molecule has 2 fully saturated rings. The first-order valence-electron chi connectivity index (χ1n) is 6.31. The SMILES string of the molecule is C[C@@H]1CNC[C@H](C)N1CC1CCCOC1. The van der Waals surface area contributed by atoms with Crippen molar-refractivity contribution in [3.63, 3.8) is 0 Å². The summed E-state index contributed by atoms with van der Waals surface area (Å²) in [5.74, 6) is 0.766. The van der Waals surface area contributed by atoms with Crippen molar-refractivity contribution in [3.05, 3.63) is 0 Å². The minimum Gasteiger partial charge on any atom is -0.381 e. The fourth-order valence-electron chi connectivity index (χ4n) is 2.78. The van der Waals surface area contributed by atoms with E-state index in [9.17, 15) is 0 Å². The van der Waals surface area contributed by atoms with Crippen LogP contribution in [0.15, 0.2) is 0 Å². The summed E-state index contributed by atoms with van der Waals surface area (Å²) in [7, 11) is 0. The Morgan fingerprint density at radius 3 is 2.60 bits per heavy atom. The van der Waals surface area contributed by atoms with Crippen molar-refractivity contribution in [2.75, 3.05) is 32.8 Å². The summed E-state index contributed by atoms with van der Waals surface area (Å²) in [6.45, 7) is 10.1. The van der Waals surface area contributed by atoms with Crippen molar-refractivity contribution in [1.82, 2.24) is 10.2 Å². The number of piperazine rings is 1. The average molecular weight is 212 g/mol. The Hall–Kier alpha value is -0.120. The van der Waals surface area contributed by atoms with E-state index in [1.54, 1.807) is 0 Å². The maximum Gasteiger partial charge on any atom is 0.0506 e. The third-order valence-electron chi connectivity index (χ3n) is 3.74. The molecule has 0 aromatic carbocycles. The lowest BCUT2D eigenvalue weighted by molar-refractivity contribution is 0.0166. The first-order valence-corrected chi connectivity index (χ1v) is 6.31. The summed E-state index contributed by atoms with van der Waals surface area (Å²) >= 11 is 0. The van der Waals surface area contributed by atoms with Gasteiger partial charge in [0.25, 0.3) is 0 Å². The molecule has 2 aliphatic rings. The van der Waals surface area contributed by atoms with Gasteiger partial charge in [-0.25, -0.2) is 0 Å². The fourth-order valence-corrected chi connectivity index (χ4v) is 2.78. The molecule has 3 heteroatoms. The summed E-state index contributed by atoms with van der Waals surface area (Å²) in [5.41, 5.74) is 0. The van der Waals surface area contributed by atoms with Crippen molar-refractivity contribution < 1.29 is 4.74 Å². The summed E-state index contributed by atoms with van der Waals surface area (Å²) in [4.78, 5) is 2.65. The lowest BCUT2D eigenvalue weighted by atomic mass is 9.99. The predicted octanol–water partition coefficient (Wildman–Crippen LogP) is 1.10. The molecule has 15 heavy (non-hydrogen) atoms. The second kappa shape index (κ2) is 5.28. The number of nitrogens with zero attached hydrogens (tertiary/aromatic N) is 1. The molecule has 0 amide bonds. The van der Waals surface area contributed by atoms with Gasteiger partial charge < -0.3 is 10.1 Å². The molecule has 0 radical (unpaired) electrons. The Balaban J connectivity index is 1.84. The van der Waals surface area contributed by atoms with Crippen LogP contribution in [-0.2, 0) is 4.74 Å². The molecular weight excluding hydrogens is 188 g/mol. The molecule has 3 nitrogen and oxygen atoms in total. The van der Waals surface area contributed by atoms with Crippen LogP contribution >= 0.6 is 0 Å². The minimum absolute atomic E-state index is 0.677. The molecule has 0 saturated carbocycles. The number of hydrogen-bond acceptors (Lipinski definition) is 3. The lowest BCUT2D eigenvalue weighted by Gasteiger charge is -2.41. The van der Waals surface area contributed by atoms with Crippen molar-refractivity contribution in [2.24, 2.45) is 5.92 Å². The predicted molar refractivity (Wildman–Crippen MR) is 62.0 cm³/mol. The zero-order valence-corrected chi connectivity index (χ0v) is 10.0. The molecule has 2 saturated heterocycles. The lowest BCUT2D eigenvalue weighted by Crippen LogP contribution is -2.56. The Labute approximate surface area is 93.2 Å². The summed E-state index contributed by atoms with van der Waals surface area (Å²) in [5, 5.41) is 3.48. The highest BCUT2D eigenvalue weighted by Crippen LogP contribution is 2.19. The third kappa shape index (κ3) is 2.92. The van der Waals surface area contributed by atoms with E-state index in [2.05, 4.69) is 24.1 Å². The Kier molecular flexibility index (Phi) is 4.00. The van der Waals surface area contributed by atoms with Crippen LogP contribution in [0.5, 0.6) is 0 Å². The van der Waals surface area contributed by atoms with E-state index in [4.69, 9.17) is 4.74 Å². The Morgan fingerprint density at radius 2 is 2.00 bits per heavy atom. The van der Waals surface area contributed by atoms with Gasteiger partial charge in [0.2, 0.25) is 0 Å². The normalized spacial score (nSPS) is 39.2. The molecule has 2 aliphatic heterocycles. The Morgan fingerprint density at radius 1 is 1.27 bits per heavy atom. The van der Waals surface area contributed by atoms with Crippen LogP contribution in [0.2, 0.25) is 0 Å². The van der Waals surface area contributed by atoms with Crippen molar-refractivity contribution >= 4 is 0 Å². The van der Waals surface area contributed by atoms with Crippen LogP contribution in [0.1, 0.15) is 26.7 Å². The molecule has 0 bridgehead atoms. The molecular formula is C12H24N2O. The minimum atomic E-state index is 0.677. The summed E-state index contributed by atoms with van der Waals surface area (Å²) in [6, 6.07) is 1.35. The monoisotopic (exact) mass is 212 g/mol. The second-order valence-electron chi connectivity index (χ2n) is 5.14. The van der Waals surface area contributed by atoms with Gasteiger partial charge in [0.1, 0.15) is 0 Å². The molecule has 2 heterocycles. The number of hydrogen-bond donors (Lipinski definition) is 1. The van der Waals surface area contributed by atoms with Gasteiger partial charge in [-0.2, -0.15) is 0 Å². The van der Waals surface area contributed by atoms with Gasteiger partial charge in [0, 0.05) is 38.3 Å². The van der Waals surface area contributed by atoms with Gasteiger partial charge in [-0.15, -0.1) is 0 Å². The van der Waals surface area contributed by atoms with Crippen LogP contribution in [0.25, 0.3) is 0 Å². The summed E-state index contributed by atoms with van der Waals surface area (Å²) in [6.07, 6.45) is 2.60. The molecule has 2 rings (SSSR count). The molecule has 1 N–H and O–H groups in total. The van der Waals surface area contributed by atoms with Crippen molar-refractivity contribution in [2.45, 2.75) is 38.8 Å². The van der Waals surface area contributed by atoms with E-state index >= 15 is 0 Å². The molecule has 3 atom stereocenters. The molecule has 0 aromatic heterocycles. The molecule has 1 unspecified atom stereocenters. The van der Waals surface area contributed by atoms with Crippen molar-refractivity contribution in [1.29, 1.82) is 0 Å². The first kappa shape index (κ1) is 11.4. The van der Waals surface area contributed by atoms with Crippen molar-refractivity contribution in [3.8, 4) is 0 Å². The van der Waals surface area contributed by atoms with E-state index in [0.29, 0.717) is 12.1 Å². The topological polar surface area (TPSA) is 24.5 Å². The number of ether oxygens (including phenoxy) is 1. The third-order valence-corrected chi connectivity index (χ3v) is 3.74. The van der Waals surface area contributed by atoms with E-state index in [0.717, 1.165) is 32.2 Å². The van der Waals surface area contributed by atoms with Crippen LogP contribution in [0, 0.1) is 5.92 Å². The van der Waals surface area contributed by atoms with Gasteiger partial charge in [-0.05, 0) is 32.6 Å². The highest BCUT2D eigenvalue weighted by atomic mass is 16.5. The van der Waals surface area contributed by atoms with E-state index < -0.39 is 0 Å². The highest BCUT2D eigenvalue weighted by Gasteiger charge is 2.27. The second-order valence-corrected chi connectivity index (χ2v) is 5.14. The number of rotatable bonds is 2. The maximum atomic E-state index is 5.55. The number of nitrogens with one attached hydrogen (secondary N) is 1. The quantitative estimate of drug-likeness (QED) is 0.742.